The molecule has 4 N–H and O–H groups in total. The van der Waals surface area contributed by atoms with Gasteiger partial charge in [-0.25, -0.2) is 4.98 Å². The molecular formula is C29H42N8O3. The highest BCUT2D eigenvalue weighted by Gasteiger charge is 2.51. The number of hydrogen-bond donors (Lipinski definition) is 3. The number of piperidine rings is 1. The van der Waals surface area contributed by atoms with E-state index in [1.165, 1.54) is 18.4 Å². The summed E-state index contributed by atoms with van der Waals surface area (Å²) in [4.78, 5) is 16.4. The Labute approximate surface area is 235 Å². The maximum absolute atomic E-state index is 9.53. The fourth-order valence-electron chi connectivity index (χ4n) is 6.79. The summed E-state index contributed by atoms with van der Waals surface area (Å²) in [6.07, 6.45) is 11.1. The number of ether oxygens (including phenoxy) is 2. The van der Waals surface area contributed by atoms with Crippen molar-refractivity contribution in [3.8, 4) is 5.75 Å². The van der Waals surface area contributed by atoms with Crippen molar-refractivity contribution in [3.05, 3.63) is 29.7 Å². The molecule has 6 rings (SSSR count). The third-order valence-corrected chi connectivity index (χ3v) is 9.10. The molecule has 3 fully saturated rings. The van der Waals surface area contributed by atoms with E-state index in [0.29, 0.717) is 35.6 Å². The summed E-state index contributed by atoms with van der Waals surface area (Å²) in [6.45, 7) is 6.86. The van der Waals surface area contributed by atoms with Gasteiger partial charge in [-0.15, -0.1) is 0 Å². The Balaban J connectivity index is 1.16. The molecular weight excluding hydrogens is 508 g/mol. The Kier molecular flexibility index (Phi) is 7.78. The van der Waals surface area contributed by atoms with Gasteiger partial charge in [0.1, 0.15) is 22.5 Å². The monoisotopic (exact) mass is 550 g/mol. The Morgan fingerprint density at radius 3 is 2.67 bits per heavy atom. The van der Waals surface area contributed by atoms with Crippen LogP contribution in [0.4, 0.5) is 11.8 Å². The number of nitrogens with zero attached hydrogens (tertiary/aromatic N) is 6. The molecule has 2 saturated heterocycles. The largest absolute Gasteiger partial charge is 0.495 e. The van der Waals surface area contributed by atoms with E-state index >= 15 is 0 Å². The summed E-state index contributed by atoms with van der Waals surface area (Å²) < 4.78 is 13.1. The van der Waals surface area contributed by atoms with Crippen molar-refractivity contribution in [1.82, 2.24) is 29.6 Å². The molecule has 5 heterocycles. The normalized spacial score (nSPS) is 20.4. The van der Waals surface area contributed by atoms with Crippen molar-refractivity contribution in [2.75, 3.05) is 51.1 Å². The molecule has 1 saturated carbocycles. The molecule has 11 heteroatoms. The topological polar surface area (TPSA) is 136 Å². The number of fused-ring (bicyclic) bond motifs is 1. The van der Waals surface area contributed by atoms with Crippen LogP contribution in [0.3, 0.4) is 0 Å². The zero-order valence-electron chi connectivity index (χ0n) is 23.7. The van der Waals surface area contributed by atoms with E-state index < -0.39 is 0 Å². The van der Waals surface area contributed by atoms with Crippen LogP contribution in [0.25, 0.3) is 11.0 Å². The zero-order chi connectivity index (χ0) is 27.7. The molecule has 0 bridgehead atoms. The van der Waals surface area contributed by atoms with Gasteiger partial charge in [-0.05, 0) is 69.2 Å². The maximum atomic E-state index is 9.53. The first-order valence-electron chi connectivity index (χ1n) is 14.7. The highest BCUT2D eigenvalue weighted by atomic mass is 16.5. The van der Waals surface area contributed by atoms with Crippen LogP contribution in [-0.2, 0) is 11.3 Å². The van der Waals surface area contributed by atoms with Gasteiger partial charge in [-0.3, -0.25) is 9.67 Å². The standard InChI is InChI=1S/C29H42N8O3/c1-3-4-21(7-10-38)33-27-26-23(34-28(30)35-27)15-32-37(26)16-24-25(39-2)11-20(14-31-24)19-5-8-36(9-6-19)22-12-29(13-22)17-40-18-29/h11,14-15,19,21-22,38H,3-10,12-13,16-18H2,1-2H3,(H3,30,33,34,35). The van der Waals surface area contributed by atoms with E-state index in [1.54, 1.807) is 13.3 Å². The fraction of sp³-hybridized carbons (Fsp3) is 0.655. The number of hydrogen-bond acceptors (Lipinski definition) is 10. The first-order chi connectivity index (χ1) is 19.5. The average molecular weight is 551 g/mol. The van der Waals surface area contributed by atoms with Gasteiger partial charge in [0, 0.05) is 30.3 Å². The molecule has 0 amide bonds. The molecule has 2 aliphatic heterocycles. The van der Waals surface area contributed by atoms with Crippen molar-refractivity contribution in [1.29, 1.82) is 0 Å². The molecule has 1 unspecified atom stereocenters. The molecule has 1 aliphatic carbocycles. The number of nitrogens with one attached hydrogen (secondary N) is 1. The van der Waals surface area contributed by atoms with E-state index in [-0.39, 0.29) is 18.6 Å². The van der Waals surface area contributed by atoms with Gasteiger partial charge in [0.05, 0.1) is 33.1 Å². The summed E-state index contributed by atoms with van der Waals surface area (Å²) in [5.41, 5.74) is 10.0. The fourth-order valence-corrected chi connectivity index (χ4v) is 6.79. The van der Waals surface area contributed by atoms with Crippen molar-refractivity contribution in [2.24, 2.45) is 5.41 Å². The van der Waals surface area contributed by atoms with Crippen LogP contribution in [0.2, 0.25) is 0 Å². The number of methoxy groups -OCH3 is 1. The first-order valence-corrected chi connectivity index (χ1v) is 14.7. The lowest BCUT2D eigenvalue weighted by Crippen LogP contribution is -2.60. The van der Waals surface area contributed by atoms with E-state index in [2.05, 4.69) is 38.3 Å². The number of aliphatic hydroxyl groups is 1. The first kappa shape index (κ1) is 27.2. The zero-order valence-corrected chi connectivity index (χ0v) is 23.7. The van der Waals surface area contributed by atoms with Gasteiger partial charge in [-0.1, -0.05) is 13.3 Å². The van der Waals surface area contributed by atoms with Crippen molar-refractivity contribution in [2.45, 2.75) is 76.4 Å². The van der Waals surface area contributed by atoms with Crippen molar-refractivity contribution in [3.63, 3.8) is 0 Å². The predicted octanol–water partition coefficient (Wildman–Crippen LogP) is 3.18. The minimum Gasteiger partial charge on any atom is -0.495 e. The number of likely N-dealkylation sites (tertiary alicyclic amines) is 1. The lowest BCUT2D eigenvalue weighted by atomic mass is 9.63. The van der Waals surface area contributed by atoms with Crippen LogP contribution in [0.15, 0.2) is 18.5 Å². The highest BCUT2D eigenvalue weighted by Crippen LogP contribution is 2.49. The van der Waals surface area contributed by atoms with Crippen LogP contribution in [0, 0.1) is 5.41 Å². The lowest BCUT2D eigenvalue weighted by Gasteiger charge is -2.57. The number of aromatic nitrogens is 5. The third-order valence-electron chi connectivity index (χ3n) is 9.10. The Bertz CT molecular complexity index is 1300. The molecule has 1 atom stereocenters. The van der Waals surface area contributed by atoms with E-state index in [1.807, 2.05) is 10.9 Å². The van der Waals surface area contributed by atoms with E-state index in [9.17, 15) is 5.11 Å². The third kappa shape index (κ3) is 5.34. The van der Waals surface area contributed by atoms with Crippen LogP contribution in [0.5, 0.6) is 5.75 Å². The summed E-state index contributed by atoms with van der Waals surface area (Å²) in [5.74, 6) is 2.07. The van der Waals surface area contributed by atoms with Crippen LogP contribution in [-0.4, -0.2) is 86.8 Å². The Morgan fingerprint density at radius 2 is 2.00 bits per heavy atom. The predicted molar refractivity (Wildman–Crippen MR) is 153 cm³/mol. The van der Waals surface area contributed by atoms with Gasteiger partial charge >= 0.3 is 0 Å². The van der Waals surface area contributed by atoms with E-state index in [0.717, 1.165) is 75.0 Å². The molecule has 40 heavy (non-hydrogen) atoms. The number of pyridine rings is 1. The Hall–Kier alpha value is -3.02. The number of aliphatic hydroxyl groups excluding tert-OH is 1. The highest BCUT2D eigenvalue weighted by molar-refractivity contribution is 5.86. The smallest absolute Gasteiger partial charge is 0.222 e. The van der Waals surface area contributed by atoms with Crippen LogP contribution < -0.4 is 15.8 Å². The summed E-state index contributed by atoms with van der Waals surface area (Å²) in [5, 5.41) is 17.6. The van der Waals surface area contributed by atoms with Crippen molar-refractivity contribution < 1.29 is 14.6 Å². The second-order valence-electron chi connectivity index (χ2n) is 11.9. The van der Waals surface area contributed by atoms with Gasteiger partial charge in [0.15, 0.2) is 5.82 Å². The van der Waals surface area contributed by atoms with Crippen LogP contribution in [0.1, 0.15) is 69.0 Å². The molecule has 1 spiro atoms. The minimum absolute atomic E-state index is 0.0758. The maximum Gasteiger partial charge on any atom is 0.222 e. The molecule has 3 aliphatic rings. The average Bonchev–Trinajstić information content (AvgIpc) is 3.30. The molecule has 0 radical (unpaired) electrons. The summed E-state index contributed by atoms with van der Waals surface area (Å²) in [7, 11) is 1.70. The summed E-state index contributed by atoms with van der Waals surface area (Å²) >= 11 is 0. The number of anilines is 2. The summed E-state index contributed by atoms with van der Waals surface area (Å²) in [6, 6.07) is 2.97. The molecule has 216 valence electrons. The number of nitrogens with two attached hydrogens (primary N) is 1. The SMILES string of the molecule is CCCC(CCO)Nc1nc(N)nc2cnn(Cc3ncc(C4CCN(C5CC6(COC6)C5)CC4)cc3OC)c12. The lowest BCUT2D eigenvalue weighted by molar-refractivity contribution is -0.185. The van der Waals surface area contributed by atoms with Gasteiger partial charge in [0.2, 0.25) is 5.95 Å². The van der Waals surface area contributed by atoms with Gasteiger partial charge in [0.25, 0.3) is 0 Å². The van der Waals surface area contributed by atoms with Gasteiger partial charge < -0.3 is 30.5 Å². The van der Waals surface area contributed by atoms with E-state index in [4.69, 9.17) is 20.2 Å². The molecule has 0 aromatic carbocycles. The molecule has 11 nitrogen and oxygen atoms in total. The number of rotatable bonds is 11. The van der Waals surface area contributed by atoms with Crippen LogP contribution >= 0.6 is 0 Å². The second kappa shape index (κ2) is 11.5. The Morgan fingerprint density at radius 1 is 1.20 bits per heavy atom. The minimum atomic E-state index is 0.0758. The number of nitrogen functional groups attached to an aromatic ring is 1. The molecule has 3 aromatic rings. The quantitative estimate of drug-likeness (QED) is 0.326. The second-order valence-corrected chi connectivity index (χ2v) is 11.9. The van der Waals surface area contributed by atoms with Crippen molar-refractivity contribution >= 4 is 22.8 Å². The van der Waals surface area contributed by atoms with Gasteiger partial charge in [-0.2, -0.15) is 10.1 Å². The molecule has 3 aromatic heterocycles.